The highest BCUT2D eigenvalue weighted by Crippen LogP contribution is 2.21. The molecule has 1 N–H and O–H groups in total. The fourth-order valence-electron chi connectivity index (χ4n) is 2.50. The summed E-state index contributed by atoms with van der Waals surface area (Å²) in [5.74, 6) is 0.854. The van der Waals surface area contributed by atoms with E-state index in [1.807, 2.05) is 0 Å². The topological polar surface area (TPSA) is 21.3 Å². The summed E-state index contributed by atoms with van der Waals surface area (Å²) >= 11 is 0. The van der Waals surface area contributed by atoms with Crippen molar-refractivity contribution in [1.29, 1.82) is 0 Å². The van der Waals surface area contributed by atoms with Crippen LogP contribution in [-0.2, 0) is 4.74 Å². The summed E-state index contributed by atoms with van der Waals surface area (Å²) in [4.78, 5) is 0. The molecule has 0 aliphatic carbocycles. The first kappa shape index (κ1) is 15.9. The molecular formula is C14H31NO. The monoisotopic (exact) mass is 229 g/mol. The second-order valence-electron chi connectivity index (χ2n) is 4.64. The molecular weight excluding hydrogens is 198 g/mol. The molecule has 0 aromatic heterocycles. The molecule has 0 aromatic rings. The standard InChI is InChI=1S/C14H31NO/c1-5-9-13(10-6-2)14(15-7-3)11-8-12-16-4/h13-15H,5-12H2,1-4H3. The minimum absolute atomic E-state index is 0.694. The molecule has 0 aliphatic rings. The van der Waals surface area contributed by atoms with Gasteiger partial charge in [-0.15, -0.1) is 0 Å². The van der Waals surface area contributed by atoms with Crippen LogP contribution in [0.2, 0.25) is 0 Å². The van der Waals surface area contributed by atoms with Crippen molar-refractivity contribution in [3.8, 4) is 0 Å². The molecule has 0 fully saturated rings. The SMILES string of the molecule is CCCC(CCC)C(CCCOC)NCC. The van der Waals surface area contributed by atoms with Crippen LogP contribution in [0.15, 0.2) is 0 Å². The molecule has 0 saturated carbocycles. The fraction of sp³-hybridized carbons (Fsp3) is 1.00. The maximum atomic E-state index is 5.14. The Balaban J connectivity index is 4.08. The first-order valence-corrected chi connectivity index (χ1v) is 7.02. The lowest BCUT2D eigenvalue weighted by Crippen LogP contribution is -2.36. The van der Waals surface area contributed by atoms with Crippen LogP contribution in [0.1, 0.15) is 59.3 Å². The highest BCUT2D eigenvalue weighted by atomic mass is 16.5. The Morgan fingerprint density at radius 3 is 2.06 bits per heavy atom. The van der Waals surface area contributed by atoms with Gasteiger partial charge < -0.3 is 10.1 Å². The van der Waals surface area contributed by atoms with Gasteiger partial charge in [0.15, 0.2) is 0 Å². The Morgan fingerprint density at radius 2 is 1.62 bits per heavy atom. The van der Waals surface area contributed by atoms with Crippen molar-refractivity contribution in [2.75, 3.05) is 20.3 Å². The van der Waals surface area contributed by atoms with Crippen LogP contribution in [0.4, 0.5) is 0 Å². The van der Waals surface area contributed by atoms with Crippen LogP contribution in [0.25, 0.3) is 0 Å². The average Bonchev–Trinajstić information content (AvgIpc) is 2.28. The molecule has 0 bridgehead atoms. The number of rotatable bonds is 11. The molecule has 0 radical (unpaired) electrons. The van der Waals surface area contributed by atoms with Gasteiger partial charge in [0.05, 0.1) is 0 Å². The van der Waals surface area contributed by atoms with Crippen LogP contribution in [0.3, 0.4) is 0 Å². The van der Waals surface area contributed by atoms with E-state index in [-0.39, 0.29) is 0 Å². The normalized spacial score (nSPS) is 13.3. The van der Waals surface area contributed by atoms with Crippen molar-refractivity contribution >= 4 is 0 Å². The highest BCUT2D eigenvalue weighted by Gasteiger charge is 2.18. The van der Waals surface area contributed by atoms with Gasteiger partial charge >= 0.3 is 0 Å². The van der Waals surface area contributed by atoms with Gasteiger partial charge in [0.25, 0.3) is 0 Å². The van der Waals surface area contributed by atoms with Crippen LogP contribution in [0, 0.1) is 5.92 Å². The predicted molar refractivity (Wildman–Crippen MR) is 71.9 cm³/mol. The first-order chi connectivity index (χ1) is 7.79. The Labute approximate surface area is 102 Å². The van der Waals surface area contributed by atoms with Crippen LogP contribution >= 0.6 is 0 Å². The predicted octanol–water partition coefficient (Wildman–Crippen LogP) is 3.61. The van der Waals surface area contributed by atoms with Gasteiger partial charge in [-0.25, -0.2) is 0 Å². The lowest BCUT2D eigenvalue weighted by atomic mass is 9.88. The minimum atomic E-state index is 0.694. The quantitative estimate of drug-likeness (QED) is 0.547. The zero-order valence-corrected chi connectivity index (χ0v) is 11.7. The molecule has 1 unspecified atom stereocenters. The summed E-state index contributed by atoms with van der Waals surface area (Å²) in [6.45, 7) is 8.77. The lowest BCUT2D eigenvalue weighted by molar-refractivity contribution is 0.181. The molecule has 16 heavy (non-hydrogen) atoms. The summed E-state index contributed by atoms with van der Waals surface area (Å²) in [6, 6.07) is 0.694. The molecule has 0 saturated heterocycles. The zero-order chi connectivity index (χ0) is 12.2. The zero-order valence-electron chi connectivity index (χ0n) is 11.7. The number of hydrogen-bond donors (Lipinski definition) is 1. The highest BCUT2D eigenvalue weighted by molar-refractivity contribution is 4.75. The largest absolute Gasteiger partial charge is 0.385 e. The number of nitrogens with one attached hydrogen (secondary N) is 1. The van der Waals surface area contributed by atoms with Crippen molar-refractivity contribution in [2.45, 2.75) is 65.3 Å². The third kappa shape index (κ3) is 7.24. The lowest BCUT2D eigenvalue weighted by Gasteiger charge is -2.27. The Hall–Kier alpha value is -0.0800. The van der Waals surface area contributed by atoms with E-state index in [9.17, 15) is 0 Å². The maximum Gasteiger partial charge on any atom is 0.0462 e. The molecule has 0 aromatic carbocycles. The van der Waals surface area contributed by atoms with Crippen molar-refractivity contribution in [1.82, 2.24) is 5.32 Å². The molecule has 0 amide bonds. The molecule has 2 heteroatoms. The van der Waals surface area contributed by atoms with E-state index in [2.05, 4.69) is 26.1 Å². The van der Waals surface area contributed by atoms with Crippen LogP contribution < -0.4 is 5.32 Å². The van der Waals surface area contributed by atoms with E-state index >= 15 is 0 Å². The second kappa shape index (κ2) is 11.4. The maximum absolute atomic E-state index is 5.14. The van der Waals surface area contributed by atoms with E-state index in [0.717, 1.165) is 19.1 Å². The summed E-state index contributed by atoms with van der Waals surface area (Å²) in [5.41, 5.74) is 0. The molecule has 1 atom stereocenters. The smallest absolute Gasteiger partial charge is 0.0462 e. The summed E-state index contributed by atoms with van der Waals surface area (Å²) in [6.07, 6.45) is 7.76. The fourth-order valence-corrected chi connectivity index (χ4v) is 2.50. The van der Waals surface area contributed by atoms with E-state index < -0.39 is 0 Å². The van der Waals surface area contributed by atoms with Gasteiger partial charge in [-0.3, -0.25) is 0 Å². The third-order valence-corrected chi connectivity index (χ3v) is 3.22. The van der Waals surface area contributed by atoms with E-state index in [0.29, 0.717) is 6.04 Å². The van der Waals surface area contributed by atoms with Crippen molar-refractivity contribution in [2.24, 2.45) is 5.92 Å². The second-order valence-corrected chi connectivity index (χ2v) is 4.64. The van der Waals surface area contributed by atoms with E-state index in [4.69, 9.17) is 4.74 Å². The average molecular weight is 229 g/mol. The number of ether oxygens (including phenoxy) is 1. The summed E-state index contributed by atoms with van der Waals surface area (Å²) in [5, 5.41) is 3.66. The molecule has 0 rings (SSSR count). The number of methoxy groups -OCH3 is 1. The summed E-state index contributed by atoms with van der Waals surface area (Å²) in [7, 11) is 1.79. The van der Waals surface area contributed by atoms with Gasteiger partial charge in [-0.2, -0.15) is 0 Å². The minimum Gasteiger partial charge on any atom is -0.385 e. The van der Waals surface area contributed by atoms with Crippen molar-refractivity contribution in [3.63, 3.8) is 0 Å². The van der Waals surface area contributed by atoms with Crippen molar-refractivity contribution in [3.05, 3.63) is 0 Å². The molecule has 98 valence electrons. The molecule has 2 nitrogen and oxygen atoms in total. The van der Waals surface area contributed by atoms with Gasteiger partial charge in [0, 0.05) is 19.8 Å². The first-order valence-electron chi connectivity index (χ1n) is 7.02. The molecule has 0 spiro atoms. The van der Waals surface area contributed by atoms with E-state index in [1.165, 1.54) is 38.5 Å². The Morgan fingerprint density at radius 1 is 1.00 bits per heavy atom. The third-order valence-electron chi connectivity index (χ3n) is 3.22. The number of hydrogen-bond acceptors (Lipinski definition) is 2. The Bertz CT molecular complexity index is 133. The molecule has 0 heterocycles. The van der Waals surface area contributed by atoms with E-state index in [1.54, 1.807) is 7.11 Å². The van der Waals surface area contributed by atoms with Gasteiger partial charge in [-0.1, -0.05) is 33.6 Å². The van der Waals surface area contributed by atoms with Crippen LogP contribution in [0.5, 0.6) is 0 Å². The molecule has 0 aliphatic heterocycles. The summed E-state index contributed by atoms with van der Waals surface area (Å²) < 4.78 is 5.14. The van der Waals surface area contributed by atoms with Gasteiger partial charge in [-0.05, 0) is 38.1 Å². The Kier molecular flexibility index (Phi) is 11.3. The van der Waals surface area contributed by atoms with Crippen LogP contribution in [-0.4, -0.2) is 26.3 Å². The van der Waals surface area contributed by atoms with Crippen molar-refractivity contribution < 1.29 is 4.74 Å². The van der Waals surface area contributed by atoms with Gasteiger partial charge in [0.2, 0.25) is 0 Å². The van der Waals surface area contributed by atoms with Gasteiger partial charge in [0.1, 0.15) is 0 Å².